The minimum absolute atomic E-state index is 0.114. The number of ether oxygens (including phenoxy) is 1. The van der Waals surface area contributed by atoms with Gasteiger partial charge in [-0.05, 0) is 0 Å². The topological polar surface area (TPSA) is 253 Å². The SMILES string of the molecule is Nc1nc2c(ncn2[C@@H]2O[C@H](COP(=O)(O)O)[C@@H](OP(=O)(O)O)[C@H]2O)c(=O)[nH]1. The third kappa shape index (κ3) is 4.47. The lowest BCUT2D eigenvalue weighted by Gasteiger charge is -2.20. The number of nitrogens with zero attached hydrogens (tertiary/aromatic N) is 3. The van der Waals surface area contributed by atoms with E-state index in [4.69, 9.17) is 30.0 Å². The van der Waals surface area contributed by atoms with Gasteiger partial charge in [0.25, 0.3) is 5.56 Å². The average molecular weight is 443 g/mol. The highest BCUT2D eigenvalue weighted by Gasteiger charge is 2.49. The van der Waals surface area contributed by atoms with Crippen LogP contribution in [0.2, 0.25) is 0 Å². The lowest BCUT2D eigenvalue weighted by atomic mass is 10.1. The van der Waals surface area contributed by atoms with Gasteiger partial charge in [-0.15, -0.1) is 0 Å². The van der Waals surface area contributed by atoms with Crippen LogP contribution in [-0.2, 0) is 22.9 Å². The predicted molar refractivity (Wildman–Crippen MR) is 87.4 cm³/mol. The number of hydrogen-bond acceptors (Lipinski definition) is 10. The summed E-state index contributed by atoms with van der Waals surface area (Å²) >= 11 is 0. The first-order valence-electron chi connectivity index (χ1n) is 7.35. The van der Waals surface area contributed by atoms with Crippen molar-refractivity contribution in [3.8, 4) is 0 Å². The Morgan fingerprint density at radius 3 is 2.57 bits per heavy atom. The van der Waals surface area contributed by atoms with E-state index in [-0.39, 0.29) is 17.1 Å². The van der Waals surface area contributed by atoms with Crippen molar-refractivity contribution < 1.29 is 47.6 Å². The first kappa shape index (κ1) is 21.0. The molecule has 8 N–H and O–H groups in total. The van der Waals surface area contributed by atoms with Gasteiger partial charge in [0.1, 0.15) is 18.3 Å². The van der Waals surface area contributed by atoms with E-state index >= 15 is 0 Å². The molecule has 0 amide bonds. The van der Waals surface area contributed by atoms with Crippen LogP contribution in [0.15, 0.2) is 11.1 Å². The van der Waals surface area contributed by atoms with Gasteiger partial charge in [0.05, 0.1) is 12.9 Å². The van der Waals surface area contributed by atoms with Gasteiger partial charge in [-0.25, -0.2) is 14.1 Å². The smallest absolute Gasteiger partial charge is 0.386 e. The number of hydrogen-bond donors (Lipinski definition) is 7. The highest BCUT2D eigenvalue weighted by atomic mass is 31.2. The molecule has 1 aliphatic heterocycles. The van der Waals surface area contributed by atoms with Crippen LogP contribution < -0.4 is 11.3 Å². The van der Waals surface area contributed by atoms with Gasteiger partial charge in [0.15, 0.2) is 17.4 Å². The summed E-state index contributed by atoms with van der Waals surface area (Å²) in [4.78, 5) is 57.4. The molecule has 3 rings (SSSR count). The van der Waals surface area contributed by atoms with E-state index in [1.165, 1.54) is 0 Å². The molecule has 28 heavy (non-hydrogen) atoms. The van der Waals surface area contributed by atoms with Gasteiger partial charge < -0.3 is 35.2 Å². The van der Waals surface area contributed by atoms with Crippen molar-refractivity contribution >= 4 is 32.8 Å². The summed E-state index contributed by atoms with van der Waals surface area (Å²) in [6, 6.07) is 0. The zero-order valence-corrected chi connectivity index (χ0v) is 15.4. The third-order valence-electron chi connectivity index (χ3n) is 3.70. The summed E-state index contributed by atoms with van der Waals surface area (Å²) < 4.78 is 37.3. The number of anilines is 1. The van der Waals surface area contributed by atoms with Gasteiger partial charge in [0.2, 0.25) is 5.95 Å². The molecule has 0 unspecified atom stereocenters. The summed E-state index contributed by atoms with van der Waals surface area (Å²) in [5.41, 5.74) is 4.52. The molecule has 0 spiro atoms. The first-order chi connectivity index (χ1) is 12.9. The van der Waals surface area contributed by atoms with E-state index in [9.17, 15) is 19.0 Å². The van der Waals surface area contributed by atoms with Crippen LogP contribution in [-0.4, -0.2) is 69.1 Å². The minimum atomic E-state index is -5.13. The van der Waals surface area contributed by atoms with E-state index in [0.717, 1.165) is 10.9 Å². The van der Waals surface area contributed by atoms with Crippen LogP contribution in [0.1, 0.15) is 6.23 Å². The molecule has 1 saturated heterocycles. The van der Waals surface area contributed by atoms with Gasteiger partial charge in [-0.2, -0.15) is 4.98 Å². The number of aliphatic hydroxyl groups excluding tert-OH is 1. The van der Waals surface area contributed by atoms with Crippen LogP contribution in [0, 0.1) is 0 Å². The van der Waals surface area contributed by atoms with E-state index in [2.05, 4.69) is 24.0 Å². The molecule has 2 aromatic heterocycles. The number of nitrogens with one attached hydrogen (secondary N) is 1. The summed E-state index contributed by atoms with van der Waals surface area (Å²) in [5, 5.41) is 10.4. The second-order valence-electron chi connectivity index (χ2n) is 5.68. The van der Waals surface area contributed by atoms with Crippen molar-refractivity contribution in [3.05, 3.63) is 16.7 Å². The van der Waals surface area contributed by atoms with Crippen molar-refractivity contribution in [1.82, 2.24) is 19.5 Å². The molecule has 156 valence electrons. The number of fused-ring (bicyclic) bond motifs is 1. The minimum Gasteiger partial charge on any atom is -0.386 e. The van der Waals surface area contributed by atoms with E-state index in [1.807, 2.05) is 0 Å². The Balaban J connectivity index is 1.97. The van der Waals surface area contributed by atoms with Crippen LogP contribution in [0.4, 0.5) is 5.95 Å². The maximum absolute atomic E-state index is 11.8. The molecule has 1 fully saturated rings. The summed E-state index contributed by atoms with van der Waals surface area (Å²) in [7, 11) is -10.1. The number of aromatic amines is 1. The van der Waals surface area contributed by atoms with Gasteiger partial charge in [0, 0.05) is 0 Å². The van der Waals surface area contributed by atoms with Crippen molar-refractivity contribution in [2.24, 2.45) is 0 Å². The number of phosphoric ester groups is 2. The lowest BCUT2D eigenvalue weighted by molar-refractivity contribution is -0.0502. The number of nitrogens with two attached hydrogens (primary N) is 1. The van der Waals surface area contributed by atoms with E-state index in [0.29, 0.717) is 0 Å². The molecule has 4 atom stereocenters. The third-order valence-corrected chi connectivity index (χ3v) is 4.70. The molecule has 0 radical (unpaired) electrons. The molecule has 0 saturated carbocycles. The number of H-pyrrole nitrogens is 1. The van der Waals surface area contributed by atoms with Gasteiger partial charge in [-0.1, -0.05) is 0 Å². The summed E-state index contributed by atoms with van der Waals surface area (Å²) in [5.74, 6) is -0.267. The van der Waals surface area contributed by atoms with Crippen molar-refractivity contribution in [3.63, 3.8) is 0 Å². The molecule has 1 aliphatic rings. The highest BCUT2D eigenvalue weighted by Crippen LogP contribution is 2.45. The molecule has 2 aromatic rings. The Morgan fingerprint density at radius 1 is 1.29 bits per heavy atom. The number of aromatic nitrogens is 4. The maximum Gasteiger partial charge on any atom is 0.470 e. The zero-order chi connectivity index (χ0) is 20.9. The first-order valence-corrected chi connectivity index (χ1v) is 10.4. The number of aliphatic hydroxyl groups is 1. The Hall–Kier alpha value is -1.71. The zero-order valence-electron chi connectivity index (χ0n) is 13.6. The predicted octanol–water partition coefficient (Wildman–Crippen LogP) is -2.45. The van der Waals surface area contributed by atoms with Gasteiger partial charge in [-0.3, -0.25) is 23.4 Å². The largest absolute Gasteiger partial charge is 0.470 e. The molecule has 0 bridgehead atoms. The van der Waals surface area contributed by atoms with Crippen LogP contribution in [0.3, 0.4) is 0 Å². The van der Waals surface area contributed by atoms with Gasteiger partial charge >= 0.3 is 15.6 Å². The quantitative estimate of drug-likeness (QED) is 0.229. The molecule has 0 aromatic carbocycles. The second kappa shape index (κ2) is 7.27. The monoisotopic (exact) mass is 443 g/mol. The Morgan fingerprint density at radius 2 is 1.96 bits per heavy atom. The Bertz CT molecular complexity index is 1030. The standard InChI is InChI=1S/C10H15N5O11P2/c11-10-13-7-4(8(17)14-10)12-2-15(7)9-5(16)6(26-28(21,22)23)3(25-9)1-24-27(18,19)20/h2-3,5-6,9,16H,1H2,(H2,18,19,20)(H2,21,22,23)(H3,11,13,14,17)/t3-,5-,6-,9-/m1/s1. The van der Waals surface area contributed by atoms with Crippen LogP contribution in [0.5, 0.6) is 0 Å². The number of rotatable bonds is 6. The van der Waals surface area contributed by atoms with Crippen molar-refractivity contribution in [2.75, 3.05) is 12.3 Å². The van der Waals surface area contributed by atoms with Crippen molar-refractivity contribution in [2.45, 2.75) is 24.5 Å². The Labute approximate surface area is 154 Å². The van der Waals surface area contributed by atoms with Crippen molar-refractivity contribution in [1.29, 1.82) is 0 Å². The molecule has 16 nitrogen and oxygen atoms in total. The summed E-state index contributed by atoms with van der Waals surface area (Å²) in [6.07, 6.45) is -5.40. The number of imidazole rings is 1. The number of nitrogen functional groups attached to an aromatic ring is 1. The van der Waals surface area contributed by atoms with Crippen LogP contribution >= 0.6 is 15.6 Å². The second-order valence-corrected chi connectivity index (χ2v) is 8.11. The Kier molecular flexibility index (Phi) is 5.46. The maximum atomic E-state index is 11.8. The molecular weight excluding hydrogens is 428 g/mol. The van der Waals surface area contributed by atoms with E-state index in [1.54, 1.807) is 0 Å². The average Bonchev–Trinajstić information content (AvgIpc) is 3.06. The molecule has 18 heteroatoms. The number of phosphoric acid groups is 2. The summed E-state index contributed by atoms with van der Waals surface area (Å²) in [6.45, 7) is -0.870. The molecule has 3 heterocycles. The van der Waals surface area contributed by atoms with E-state index < -0.39 is 52.4 Å². The fraction of sp³-hybridized carbons (Fsp3) is 0.500. The normalized spacial score (nSPS) is 26.2. The lowest BCUT2D eigenvalue weighted by Crippen LogP contribution is -2.35. The fourth-order valence-electron chi connectivity index (χ4n) is 2.67. The molecular formula is C10H15N5O11P2. The highest BCUT2D eigenvalue weighted by molar-refractivity contribution is 7.46. The fourth-order valence-corrected chi connectivity index (χ4v) is 3.59. The van der Waals surface area contributed by atoms with Crippen LogP contribution in [0.25, 0.3) is 11.2 Å². The molecule has 0 aliphatic carbocycles.